The van der Waals surface area contributed by atoms with E-state index in [2.05, 4.69) is 18.0 Å². The molecule has 2 rings (SSSR count). The first-order valence-electron chi connectivity index (χ1n) is 4.27. The number of hydrogen-bond acceptors (Lipinski definition) is 2. The molecular weight excluding hydrogens is 186 g/mol. The smallest absolute Gasteiger partial charge is 0.210 e. The van der Waals surface area contributed by atoms with E-state index >= 15 is 0 Å². The van der Waals surface area contributed by atoms with Crippen molar-refractivity contribution >= 4 is 22.7 Å². The van der Waals surface area contributed by atoms with E-state index in [0.29, 0.717) is 11.8 Å². The molecule has 0 radical (unpaired) electrons. The Kier molecular flexibility index (Phi) is 2.23. The van der Waals surface area contributed by atoms with Gasteiger partial charge in [-0.1, -0.05) is 13.0 Å². The van der Waals surface area contributed by atoms with Crippen molar-refractivity contribution in [2.45, 2.75) is 19.2 Å². The molecule has 2 nitrogen and oxygen atoms in total. The second-order valence-corrected chi connectivity index (χ2v) is 3.16. The van der Waals surface area contributed by atoms with Gasteiger partial charge in [0, 0.05) is 0 Å². The number of rotatable bonds is 2. The van der Waals surface area contributed by atoms with Crippen LogP contribution in [0, 0.1) is 0 Å². The van der Waals surface area contributed by atoms with Gasteiger partial charge >= 0.3 is 0 Å². The van der Waals surface area contributed by atoms with Crippen molar-refractivity contribution < 1.29 is 4.42 Å². The van der Waals surface area contributed by atoms with Crippen LogP contribution in [0.15, 0.2) is 22.6 Å². The zero-order valence-electron chi connectivity index (χ0n) is 7.38. The van der Waals surface area contributed by atoms with Gasteiger partial charge in [0.1, 0.15) is 5.52 Å². The summed E-state index contributed by atoms with van der Waals surface area (Å²) >= 11 is 5.62. The molecule has 0 amide bonds. The number of aryl methyl sites for hydroxylation is 1. The summed E-state index contributed by atoms with van der Waals surface area (Å²) in [5.74, 6) is 0.917. The standard InChI is InChI=1S/C10H10ClNO/c1-2-7-3-4-8-9(5-7)13-10(6-11)12-8/h3-5H,2,6H2,1H3. The highest BCUT2D eigenvalue weighted by molar-refractivity contribution is 6.16. The third-order valence-electron chi connectivity index (χ3n) is 2.02. The first-order valence-corrected chi connectivity index (χ1v) is 4.81. The van der Waals surface area contributed by atoms with Crippen LogP contribution in [0.4, 0.5) is 0 Å². The summed E-state index contributed by atoms with van der Waals surface area (Å²) in [6.45, 7) is 2.11. The Morgan fingerprint density at radius 1 is 1.46 bits per heavy atom. The van der Waals surface area contributed by atoms with Gasteiger partial charge in [0.15, 0.2) is 5.58 Å². The number of oxazole rings is 1. The molecule has 2 aromatic rings. The predicted molar refractivity (Wildman–Crippen MR) is 52.9 cm³/mol. The Morgan fingerprint density at radius 3 is 3.00 bits per heavy atom. The van der Waals surface area contributed by atoms with E-state index in [4.69, 9.17) is 16.0 Å². The van der Waals surface area contributed by atoms with Gasteiger partial charge < -0.3 is 4.42 Å². The van der Waals surface area contributed by atoms with Crippen molar-refractivity contribution in [3.05, 3.63) is 29.7 Å². The van der Waals surface area contributed by atoms with Gasteiger partial charge in [0.05, 0.1) is 5.88 Å². The van der Waals surface area contributed by atoms with Crippen LogP contribution >= 0.6 is 11.6 Å². The summed E-state index contributed by atoms with van der Waals surface area (Å²) in [4.78, 5) is 4.21. The molecule has 0 atom stereocenters. The summed E-state index contributed by atoms with van der Waals surface area (Å²) in [5.41, 5.74) is 2.97. The average Bonchev–Trinajstić information content (AvgIpc) is 2.58. The SMILES string of the molecule is CCc1ccc2nc(CCl)oc2c1. The maximum Gasteiger partial charge on any atom is 0.210 e. The monoisotopic (exact) mass is 195 g/mol. The minimum absolute atomic E-state index is 0.330. The zero-order valence-corrected chi connectivity index (χ0v) is 8.14. The highest BCUT2D eigenvalue weighted by atomic mass is 35.5. The van der Waals surface area contributed by atoms with E-state index in [1.807, 2.05) is 12.1 Å². The Labute approximate surface area is 81.5 Å². The van der Waals surface area contributed by atoms with E-state index < -0.39 is 0 Å². The number of fused-ring (bicyclic) bond motifs is 1. The second kappa shape index (κ2) is 3.38. The number of halogens is 1. The van der Waals surface area contributed by atoms with Crippen LogP contribution in [0.25, 0.3) is 11.1 Å². The molecule has 0 aliphatic carbocycles. The molecule has 0 aliphatic rings. The third-order valence-corrected chi connectivity index (χ3v) is 2.25. The molecule has 0 bridgehead atoms. The van der Waals surface area contributed by atoms with Crippen molar-refractivity contribution in [2.75, 3.05) is 0 Å². The molecule has 13 heavy (non-hydrogen) atoms. The van der Waals surface area contributed by atoms with Crippen molar-refractivity contribution in [3.63, 3.8) is 0 Å². The maximum atomic E-state index is 5.62. The van der Waals surface area contributed by atoms with Crippen LogP contribution in [-0.4, -0.2) is 4.98 Å². The van der Waals surface area contributed by atoms with Crippen LogP contribution in [0.5, 0.6) is 0 Å². The van der Waals surface area contributed by atoms with Crippen molar-refractivity contribution in [2.24, 2.45) is 0 Å². The highest BCUT2D eigenvalue weighted by Crippen LogP contribution is 2.18. The average molecular weight is 196 g/mol. The number of hydrogen-bond donors (Lipinski definition) is 0. The Hall–Kier alpha value is -1.02. The minimum Gasteiger partial charge on any atom is -0.439 e. The summed E-state index contributed by atoms with van der Waals surface area (Å²) in [6.07, 6.45) is 1.01. The molecule has 68 valence electrons. The van der Waals surface area contributed by atoms with Gasteiger partial charge in [-0.15, -0.1) is 11.6 Å². The minimum atomic E-state index is 0.330. The normalized spacial score (nSPS) is 10.9. The molecule has 0 spiro atoms. The summed E-state index contributed by atoms with van der Waals surface area (Å²) in [7, 11) is 0. The first-order chi connectivity index (χ1) is 6.33. The lowest BCUT2D eigenvalue weighted by Crippen LogP contribution is -1.77. The summed E-state index contributed by atoms with van der Waals surface area (Å²) < 4.78 is 5.42. The van der Waals surface area contributed by atoms with Gasteiger partial charge in [-0.25, -0.2) is 4.98 Å². The van der Waals surface area contributed by atoms with E-state index in [1.54, 1.807) is 0 Å². The van der Waals surface area contributed by atoms with Gasteiger partial charge in [-0.2, -0.15) is 0 Å². The number of alkyl halides is 1. The number of nitrogens with zero attached hydrogens (tertiary/aromatic N) is 1. The molecule has 0 aliphatic heterocycles. The molecule has 0 N–H and O–H groups in total. The highest BCUT2D eigenvalue weighted by Gasteiger charge is 2.04. The lowest BCUT2D eigenvalue weighted by Gasteiger charge is -1.92. The Morgan fingerprint density at radius 2 is 2.31 bits per heavy atom. The van der Waals surface area contributed by atoms with Crippen LogP contribution < -0.4 is 0 Å². The van der Waals surface area contributed by atoms with Crippen molar-refractivity contribution in [1.82, 2.24) is 4.98 Å². The number of aromatic nitrogens is 1. The summed E-state index contributed by atoms with van der Waals surface area (Å²) in [5, 5.41) is 0. The molecule has 0 saturated heterocycles. The first kappa shape index (κ1) is 8.57. The molecule has 0 unspecified atom stereocenters. The van der Waals surface area contributed by atoms with Crippen LogP contribution in [-0.2, 0) is 12.3 Å². The van der Waals surface area contributed by atoms with Crippen LogP contribution in [0.2, 0.25) is 0 Å². The summed E-state index contributed by atoms with van der Waals surface area (Å²) in [6, 6.07) is 6.04. The van der Waals surface area contributed by atoms with Crippen LogP contribution in [0.3, 0.4) is 0 Å². The molecule has 3 heteroatoms. The fraction of sp³-hybridized carbons (Fsp3) is 0.300. The second-order valence-electron chi connectivity index (χ2n) is 2.90. The molecule has 1 aromatic heterocycles. The molecule has 1 aromatic carbocycles. The predicted octanol–water partition coefficient (Wildman–Crippen LogP) is 3.13. The van der Waals surface area contributed by atoms with Gasteiger partial charge in [-0.3, -0.25) is 0 Å². The van der Waals surface area contributed by atoms with E-state index in [1.165, 1.54) is 5.56 Å². The molecule has 0 fully saturated rings. The fourth-order valence-electron chi connectivity index (χ4n) is 1.29. The lowest BCUT2D eigenvalue weighted by atomic mass is 10.1. The third kappa shape index (κ3) is 1.54. The van der Waals surface area contributed by atoms with E-state index in [0.717, 1.165) is 17.5 Å². The quantitative estimate of drug-likeness (QED) is 0.689. The van der Waals surface area contributed by atoms with E-state index in [-0.39, 0.29) is 0 Å². The van der Waals surface area contributed by atoms with Crippen molar-refractivity contribution in [3.8, 4) is 0 Å². The fourth-order valence-corrected chi connectivity index (χ4v) is 1.41. The van der Waals surface area contributed by atoms with Gasteiger partial charge in [0.2, 0.25) is 5.89 Å². The molecular formula is C10H10ClNO. The maximum absolute atomic E-state index is 5.62. The van der Waals surface area contributed by atoms with Crippen molar-refractivity contribution in [1.29, 1.82) is 0 Å². The Balaban J connectivity index is 2.57. The molecule has 0 saturated carbocycles. The van der Waals surface area contributed by atoms with E-state index in [9.17, 15) is 0 Å². The van der Waals surface area contributed by atoms with Gasteiger partial charge in [0.25, 0.3) is 0 Å². The molecule has 1 heterocycles. The number of benzene rings is 1. The van der Waals surface area contributed by atoms with Crippen LogP contribution in [0.1, 0.15) is 18.4 Å². The topological polar surface area (TPSA) is 26.0 Å². The lowest BCUT2D eigenvalue weighted by molar-refractivity contribution is 0.554. The Bertz CT molecular complexity index is 420. The van der Waals surface area contributed by atoms with Gasteiger partial charge in [-0.05, 0) is 24.1 Å². The zero-order chi connectivity index (χ0) is 9.26. The largest absolute Gasteiger partial charge is 0.439 e.